The largest absolute Gasteiger partial charge is 0.307 e. The molecule has 1 spiro atoms. The van der Waals surface area contributed by atoms with E-state index in [0.717, 1.165) is 0 Å². The molecule has 0 aromatic heterocycles. The standard InChI is InChI=1S/C18H28N2/c1-2-3-13-20-14-17(16-9-5-4-6-10-16)19-15-18(20)11-7-8-12-18/h4-6,9-10,17,19H,2-3,7-8,11-15H2,1H3. The molecule has 0 amide bonds. The highest BCUT2D eigenvalue weighted by Crippen LogP contribution is 2.39. The maximum Gasteiger partial charge on any atom is 0.0450 e. The highest BCUT2D eigenvalue weighted by Gasteiger charge is 2.43. The van der Waals surface area contributed by atoms with Crippen molar-refractivity contribution in [3.05, 3.63) is 35.9 Å². The van der Waals surface area contributed by atoms with Gasteiger partial charge in [0.25, 0.3) is 0 Å². The van der Waals surface area contributed by atoms with Gasteiger partial charge in [-0.3, -0.25) is 4.90 Å². The first-order chi connectivity index (χ1) is 9.84. The third-order valence-corrected chi connectivity index (χ3v) is 5.27. The van der Waals surface area contributed by atoms with Gasteiger partial charge in [0.05, 0.1) is 0 Å². The Balaban J connectivity index is 1.73. The van der Waals surface area contributed by atoms with Crippen molar-refractivity contribution in [2.45, 2.75) is 57.0 Å². The molecule has 0 bridgehead atoms. The van der Waals surface area contributed by atoms with E-state index in [4.69, 9.17) is 0 Å². The van der Waals surface area contributed by atoms with E-state index in [9.17, 15) is 0 Å². The van der Waals surface area contributed by atoms with Gasteiger partial charge in [-0.1, -0.05) is 56.5 Å². The predicted molar refractivity (Wildman–Crippen MR) is 84.9 cm³/mol. The van der Waals surface area contributed by atoms with Gasteiger partial charge in [-0.05, 0) is 31.4 Å². The van der Waals surface area contributed by atoms with Gasteiger partial charge in [0.2, 0.25) is 0 Å². The second-order valence-electron chi connectivity index (χ2n) is 6.58. The van der Waals surface area contributed by atoms with Gasteiger partial charge in [-0.15, -0.1) is 0 Å². The van der Waals surface area contributed by atoms with Crippen LogP contribution in [0.1, 0.15) is 57.1 Å². The van der Waals surface area contributed by atoms with Crippen molar-refractivity contribution in [2.75, 3.05) is 19.6 Å². The Kier molecular flexibility index (Phi) is 4.42. The zero-order valence-corrected chi connectivity index (χ0v) is 12.8. The van der Waals surface area contributed by atoms with Crippen LogP contribution in [0.5, 0.6) is 0 Å². The van der Waals surface area contributed by atoms with Crippen molar-refractivity contribution in [3.63, 3.8) is 0 Å². The van der Waals surface area contributed by atoms with Gasteiger partial charge in [0.15, 0.2) is 0 Å². The molecule has 2 nitrogen and oxygen atoms in total. The summed E-state index contributed by atoms with van der Waals surface area (Å²) in [5.41, 5.74) is 1.92. The number of unbranched alkanes of at least 4 members (excludes halogenated alkanes) is 1. The lowest BCUT2D eigenvalue weighted by atomic mass is 9.89. The van der Waals surface area contributed by atoms with E-state index in [0.29, 0.717) is 11.6 Å². The Morgan fingerprint density at radius 2 is 1.95 bits per heavy atom. The van der Waals surface area contributed by atoms with Gasteiger partial charge in [0.1, 0.15) is 0 Å². The molecule has 2 aliphatic rings. The highest BCUT2D eigenvalue weighted by atomic mass is 15.3. The molecule has 110 valence electrons. The van der Waals surface area contributed by atoms with Crippen molar-refractivity contribution in [1.29, 1.82) is 0 Å². The lowest BCUT2D eigenvalue weighted by Gasteiger charge is -2.48. The first kappa shape index (κ1) is 14.1. The van der Waals surface area contributed by atoms with Crippen LogP contribution in [0.15, 0.2) is 30.3 Å². The molecule has 1 N–H and O–H groups in total. The Morgan fingerprint density at radius 1 is 1.20 bits per heavy atom. The van der Waals surface area contributed by atoms with Crippen molar-refractivity contribution in [2.24, 2.45) is 0 Å². The van der Waals surface area contributed by atoms with E-state index in [-0.39, 0.29) is 0 Å². The van der Waals surface area contributed by atoms with Crippen LogP contribution in [0, 0.1) is 0 Å². The van der Waals surface area contributed by atoms with Crippen LogP contribution in [-0.2, 0) is 0 Å². The first-order valence-electron chi connectivity index (χ1n) is 8.37. The quantitative estimate of drug-likeness (QED) is 0.898. The van der Waals surface area contributed by atoms with Gasteiger partial charge in [0, 0.05) is 24.7 Å². The molecule has 1 saturated carbocycles. The molecule has 1 aliphatic heterocycles. The van der Waals surface area contributed by atoms with Gasteiger partial charge >= 0.3 is 0 Å². The van der Waals surface area contributed by atoms with E-state index in [1.807, 2.05) is 0 Å². The van der Waals surface area contributed by atoms with Crippen LogP contribution in [0.3, 0.4) is 0 Å². The van der Waals surface area contributed by atoms with Crippen molar-refractivity contribution < 1.29 is 0 Å². The molecule has 1 heterocycles. The SMILES string of the molecule is CCCCN1CC(c2ccccc2)NCC12CCCC2. The zero-order valence-electron chi connectivity index (χ0n) is 12.8. The van der Waals surface area contributed by atoms with Crippen molar-refractivity contribution in [1.82, 2.24) is 10.2 Å². The summed E-state index contributed by atoms with van der Waals surface area (Å²) in [5.74, 6) is 0. The molecule has 2 fully saturated rings. The van der Waals surface area contributed by atoms with Crippen LogP contribution in [0.25, 0.3) is 0 Å². The van der Waals surface area contributed by atoms with Crippen LogP contribution in [0.4, 0.5) is 0 Å². The monoisotopic (exact) mass is 272 g/mol. The van der Waals surface area contributed by atoms with Gasteiger partial charge in [-0.25, -0.2) is 0 Å². The summed E-state index contributed by atoms with van der Waals surface area (Å²) in [4.78, 5) is 2.82. The molecule has 1 aromatic rings. The number of nitrogens with zero attached hydrogens (tertiary/aromatic N) is 1. The van der Waals surface area contributed by atoms with Gasteiger partial charge in [-0.2, -0.15) is 0 Å². The van der Waals surface area contributed by atoms with E-state index in [2.05, 4.69) is 47.5 Å². The Labute approximate surface area is 123 Å². The van der Waals surface area contributed by atoms with Crippen LogP contribution < -0.4 is 5.32 Å². The second kappa shape index (κ2) is 6.28. The minimum absolute atomic E-state index is 0.473. The fraction of sp³-hybridized carbons (Fsp3) is 0.667. The van der Waals surface area contributed by atoms with E-state index >= 15 is 0 Å². The van der Waals surface area contributed by atoms with Crippen LogP contribution >= 0.6 is 0 Å². The summed E-state index contributed by atoms with van der Waals surface area (Å²) in [7, 11) is 0. The number of rotatable bonds is 4. The van der Waals surface area contributed by atoms with E-state index < -0.39 is 0 Å². The summed E-state index contributed by atoms with van der Waals surface area (Å²) < 4.78 is 0. The fourth-order valence-electron chi connectivity index (χ4n) is 4.02. The molecule has 1 saturated heterocycles. The smallest absolute Gasteiger partial charge is 0.0450 e. The summed E-state index contributed by atoms with van der Waals surface area (Å²) >= 11 is 0. The lowest BCUT2D eigenvalue weighted by molar-refractivity contribution is 0.0415. The number of piperazine rings is 1. The molecule has 1 atom stereocenters. The summed E-state index contributed by atoms with van der Waals surface area (Å²) in [6, 6.07) is 11.5. The molecular formula is C18H28N2. The molecule has 1 aliphatic carbocycles. The third kappa shape index (κ3) is 2.77. The maximum atomic E-state index is 3.83. The van der Waals surface area contributed by atoms with Gasteiger partial charge < -0.3 is 5.32 Å². The van der Waals surface area contributed by atoms with Crippen LogP contribution in [0.2, 0.25) is 0 Å². The molecule has 1 unspecified atom stereocenters. The molecule has 0 radical (unpaired) electrons. The summed E-state index contributed by atoms with van der Waals surface area (Å²) in [5, 5.41) is 3.83. The Bertz CT molecular complexity index is 409. The number of hydrogen-bond acceptors (Lipinski definition) is 2. The molecule has 1 aromatic carbocycles. The zero-order chi connectivity index (χ0) is 13.8. The molecule has 2 heteroatoms. The molecular weight excluding hydrogens is 244 g/mol. The first-order valence-corrected chi connectivity index (χ1v) is 8.37. The molecule has 3 rings (SSSR count). The normalized spacial score (nSPS) is 26.1. The van der Waals surface area contributed by atoms with Crippen LogP contribution in [-0.4, -0.2) is 30.1 Å². The van der Waals surface area contributed by atoms with Crippen molar-refractivity contribution in [3.8, 4) is 0 Å². The van der Waals surface area contributed by atoms with E-state index in [1.165, 1.54) is 63.7 Å². The minimum Gasteiger partial charge on any atom is -0.307 e. The topological polar surface area (TPSA) is 15.3 Å². The number of hydrogen-bond donors (Lipinski definition) is 1. The van der Waals surface area contributed by atoms with E-state index in [1.54, 1.807) is 0 Å². The second-order valence-corrected chi connectivity index (χ2v) is 6.58. The summed E-state index contributed by atoms with van der Waals surface area (Å²) in [6.07, 6.45) is 8.26. The average molecular weight is 272 g/mol. The number of benzene rings is 1. The number of nitrogens with one attached hydrogen (secondary N) is 1. The highest BCUT2D eigenvalue weighted by molar-refractivity contribution is 5.21. The lowest BCUT2D eigenvalue weighted by Crippen LogP contribution is -2.60. The fourth-order valence-corrected chi connectivity index (χ4v) is 4.02. The van der Waals surface area contributed by atoms with Crippen molar-refractivity contribution >= 4 is 0 Å². The average Bonchev–Trinajstić information content (AvgIpc) is 2.97. The predicted octanol–water partition coefficient (Wildman–Crippen LogP) is 3.75. The minimum atomic E-state index is 0.473. The molecule has 20 heavy (non-hydrogen) atoms. The third-order valence-electron chi connectivity index (χ3n) is 5.27. The maximum absolute atomic E-state index is 3.83. The Hall–Kier alpha value is -0.860. The summed E-state index contributed by atoms with van der Waals surface area (Å²) in [6.45, 7) is 5.94. The Morgan fingerprint density at radius 3 is 2.65 bits per heavy atom.